The molecule has 0 bridgehead atoms. The van der Waals surface area contributed by atoms with Crippen molar-refractivity contribution in [1.29, 1.82) is 0 Å². The van der Waals surface area contributed by atoms with E-state index < -0.39 is 17.7 Å². The number of benzene rings is 2. The molecule has 0 saturated heterocycles. The lowest BCUT2D eigenvalue weighted by molar-refractivity contribution is -0.119. The number of rotatable bonds is 6. The maximum Gasteiger partial charge on any atom is 0.262 e. The lowest BCUT2D eigenvalue weighted by Crippen LogP contribution is -2.37. The zero-order valence-electron chi connectivity index (χ0n) is 17.7. The summed E-state index contributed by atoms with van der Waals surface area (Å²) >= 11 is 0. The van der Waals surface area contributed by atoms with Crippen LogP contribution in [0, 0.1) is 5.92 Å². The molecule has 0 atom stereocenters. The van der Waals surface area contributed by atoms with Gasteiger partial charge >= 0.3 is 0 Å². The molecule has 4 rings (SSSR count). The lowest BCUT2D eigenvalue weighted by atomic mass is 9.99. The van der Waals surface area contributed by atoms with E-state index in [0.717, 1.165) is 22.6 Å². The van der Waals surface area contributed by atoms with Crippen molar-refractivity contribution in [2.45, 2.75) is 33.1 Å². The van der Waals surface area contributed by atoms with Crippen LogP contribution in [0.1, 0.15) is 53.0 Å². The Labute approximate surface area is 181 Å². The topological polar surface area (TPSA) is 86.8 Å². The summed E-state index contributed by atoms with van der Waals surface area (Å²) in [6.45, 7) is 4.59. The van der Waals surface area contributed by atoms with Crippen LogP contribution >= 0.6 is 0 Å². The molecule has 160 valence electrons. The third-order valence-corrected chi connectivity index (χ3v) is 5.67. The van der Waals surface area contributed by atoms with Crippen molar-refractivity contribution in [2.24, 2.45) is 5.92 Å². The second-order valence-electron chi connectivity index (χ2n) is 8.36. The first kappa shape index (κ1) is 20.8. The van der Waals surface area contributed by atoms with Crippen molar-refractivity contribution in [3.05, 3.63) is 59.2 Å². The maximum atomic E-state index is 12.6. The predicted molar refractivity (Wildman–Crippen MR) is 117 cm³/mol. The molecule has 2 aliphatic rings. The van der Waals surface area contributed by atoms with Gasteiger partial charge < -0.3 is 10.2 Å². The number of hydrogen-bond donors (Lipinski definition) is 1. The molecule has 31 heavy (non-hydrogen) atoms. The summed E-state index contributed by atoms with van der Waals surface area (Å²) in [6, 6.07) is 12.0. The zero-order valence-corrected chi connectivity index (χ0v) is 17.7. The standard InChI is InChI=1S/C24H25N3O4/c1-15(2)11-12-26-20-9-8-17(13-16(20)7-10-22(26)29)25-21(28)14-27-23(30)18-5-3-4-6-19(18)24(27)31/h3-6,8-9,13,15H,7,10-12,14H2,1-2H3,(H,25,28). The monoisotopic (exact) mass is 419 g/mol. The number of nitrogens with one attached hydrogen (secondary N) is 1. The highest BCUT2D eigenvalue weighted by atomic mass is 16.2. The SMILES string of the molecule is CC(C)CCN1C(=O)CCc2cc(NC(=O)CN3C(=O)c4ccccc4C3=O)ccc21. The third kappa shape index (κ3) is 4.08. The minimum Gasteiger partial charge on any atom is -0.325 e. The van der Waals surface area contributed by atoms with Crippen molar-refractivity contribution in [3.8, 4) is 0 Å². The first-order valence-electron chi connectivity index (χ1n) is 10.5. The van der Waals surface area contributed by atoms with Gasteiger partial charge in [0.15, 0.2) is 0 Å². The zero-order chi connectivity index (χ0) is 22.1. The number of nitrogens with zero attached hydrogens (tertiary/aromatic N) is 2. The van der Waals surface area contributed by atoms with Crippen molar-refractivity contribution < 1.29 is 19.2 Å². The van der Waals surface area contributed by atoms with Gasteiger partial charge in [-0.05, 0) is 54.7 Å². The third-order valence-electron chi connectivity index (χ3n) is 5.67. The van der Waals surface area contributed by atoms with Gasteiger partial charge in [0.05, 0.1) is 11.1 Å². The smallest absolute Gasteiger partial charge is 0.262 e. The molecule has 2 heterocycles. The molecule has 4 amide bonds. The Kier molecular flexibility index (Phi) is 5.59. The lowest BCUT2D eigenvalue weighted by Gasteiger charge is -2.30. The molecule has 0 radical (unpaired) electrons. The van der Waals surface area contributed by atoms with Gasteiger partial charge in [0.2, 0.25) is 11.8 Å². The number of amides is 4. The van der Waals surface area contributed by atoms with E-state index in [1.165, 1.54) is 0 Å². The molecule has 0 fully saturated rings. The molecule has 2 aliphatic heterocycles. The molecule has 2 aromatic carbocycles. The van der Waals surface area contributed by atoms with Crippen LogP contribution in [-0.2, 0) is 16.0 Å². The maximum absolute atomic E-state index is 12.6. The number of anilines is 2. The molecule has 1 N–H and O–H groups in total. The van der Waals surface area contributed by atoms with Gasteiger partial charge in [-0.2, -0.15) is 0 Å². The number of carbonyl (C=O) groups excluding carboxylic acids is 4. The summed E-state index contributed by atoms with van der Waals surface area (Å²) in [6.07, 6.45) is 1.98. The molecule has 7 heteroatoms. The number of fused-ring (bicyclic) bond motifs is 2. The molecule has 0 saturated carbocycles. The summed E-state index contributed by atoms with van der Waals surface area (Å²) in [5.74, 6) is -0.742. The number of imide groups is 1. The van der Waals surface area contributed by atoms with E-state index in [0.29, 0.717) is 42.1 Å². The van der Waals surface area contributed by atoms with Crippen LogP contribution in [0.2, 0.25) is 0 Å². The van der Waals surface area contributed by atoms with Crippen LogP contribution < -0.4 is 10.2 Å². The van der Waals surface area contributed by atoms with Crippen LogP contribution in [0.3, 0.4) is 0 Å². The van der Waals surface area contributed by atoms with Gasteiger partial charge in [0.1, 0.15) is 6.54 Å². The second-order valence-corrected chi connectivity index (χ2v) is 8.36. The number of aryl methyl sites for hydroxylation is 1. The van der Waals surface area contributed by atoms with Crippen LogP contribution in [0.4, 0.5) is 11.4 Å². The van der Waals surface area contributed by atoms with E-state index in [1.54, 1.807) is 30.3 Å². The fourth-order valence-electron chi connectivity index (χ4n) is 4.00. The van der Waals surface area contributed by atoms with Crippen molar-refractivity contribution in [1.82, 2.24) is 4.90 Å². The molecule has 0 aromatic heterocycles. The van der Waals surface area contributed by atoms with Gasteiger partial charge in [-0.25, -0.2) is 0 Å². The average molecular weight is 419 g/mol. The Balaban J connectivity index is 1.45. The highest BCUT2D eigenvalue weighted by Gasteiger charge is 2.36. The summed E-state index contributed by atoms with van der Waals surface area (Å²) in [4.78, 5) is 52.6. The summed E-state index contributed by atoms with van der Waals surface area (Å²) < 4.78 is 0. The van der Waals surface area contributed by atoms with Crippen molar-refractivity contribution in [2.75, 3.05) is 23.3 Å². The Morgan fingerprint density at radius 1 is 0.968 bits per heavy atom. The Morgan fingerprint density at radius 3 is 2.29 bits per heavy atom. The first-order valence-corrected chi connectivity index (χ1v) is 10.5. The quantitative estimate of drug-likeness (QED) is 0.728. The minimum absolute atomic E-state index is 0.121. The molecule has 0 spiro atoms. The van der Waals surface area contributed by atoms with Crippen LogP contribution in [0.15, 0.2) is 42.5 Å². The molecule has 7 nitrogen and oxygen atoms in total. The van der Waals surface area contributed by atoms with Gasteiger partial charge in [-0.3, -0.25) is 24.1 Å². The normalized spacial score (nSPS) is 15.4. The van der Waals surface area contributed by atoms with Gasteiger partial charge in [0.25, 0.3) is 11.8 Å². The predicted octanol–water partition coefficient (Wildman–Crippen LogP) is 3.25. The Bertz CT molecular complexity index is 1040. The largest absolute Gasteiger partial charge is 0.325 e. The highest BCUT2D eigenvalue weighted by molar-refractivity contribution is 6.22. The summed E-state index contributed by atoms with van der Waals surface area (Å²) in [7, 11) is 0. The molecule has 0 unspecified atom stereocenters. The highest BCUT2D eigenvalue weighted by Crippen LogP contribution is 2.31. The van der Waals surface area contributed by atoms with E-state index in [1.807, 2.05) is 17.0 Å². The Hall–Kier alpha value is -3.48. The summed E-state index contributed by atoms with van der Waals surface area (Å²) in [5.41, 5.74) is 3.11. The van der Waals surface area contributed by atoms with Gasteiger partial charge in [-0.1, -0.05) is 26.0 Å². The molecule has 2 aromatic rings. The fraction of sp³-hybridized carbons (Fsp3) is 0.333. The first-order chi connectivity index (χ1) is 14.8. The van der Waals surface area contributed by atoms with Gasteiger partial charge in [-0.15, -0.1) is 0 Å². The van der Waals surface area contributed by atoms with E-state index >= 15 is 0 Å². The second kappa shape index (κ2) is 8.34. The Morgan fingerprint density at radius 2 is 1.65 bits per heavy atom. The van der Waals surface area contributed by atoms with E-state index in [-0.39, 0.29) is 12.5 Å². The molecular formula is C24H25N3O4. The van der Waals surface area contributed by atoms with Crippen LogP contribution in [-0.4, -0.2) is 41.6 Å². The van der Waals surface area contributed by atoms with Crippen molar-refractivity contribution >= 4 is 35.0 Å². The van der Waals surface area contributed by atoms with E-state index in [4.69, 9.17) is 0 Å². The summed E-state index contributed by atoms with van der Waals surface area (Å²) in [5, 5.41) is 2.77. The number of hydrogen-bond acceptors (Lipinski definition) is 4. The number of carbonyl (C=O) groups is 4. The molecule has 0 aliphatic carbocycles. The van der Waals surface area contributed by atoms with Gasteiger partial charge in [0, 0.05) is 24.3 Å². The van der Waals surface area contributed by atoms with Crippen LogP contribution in [0.5, 0.6) is 0 Å². The van der Waals surface area contributed by atoms with Crippen molar-refractivity contribution in [3.63, 3.8) is 0 Å². The fourth-order valence-corrected chi connectivity index (χ4v) is 4.00. The van der Waals surface area contributed by atoms with E-state index in [2.05, 4.69) is 19.2 Å². The minimum atomic E-state index is -0.458. The molecular weight excluding hydrogens is 394 g/mol. The van der Waals surface area contributed by atoms with E-state index in [9.17, 15) is 19.2 Å². The van der Waals surface area contributed by atoms with Crippen LogP contribution in [0.25, 0.3) is 0 Å². The average Bonchev–Trinajstić information content (AvgIpc) is 2.98.